The predicted octanol–water partition coefficient (Wildman–Crippen LogP) is 5.23. The molecule has 1 atom stereocenters. The van der Waals surface area contributed by atoms with E-state index in [-0.39, 0.29) is 23.4 Å². The molecule has 0 aliphatic heterocycles. The van der Waals surface area contributed by atoms with Gasteiger partial charge in [0.25, 0.3) is 10.0 Å². The fraction of sp³-hybridized carbons (Fsp3) is 0.375. The molecule has 0 saturated heterocycles. The van der Waals surface area contributed by atoms with Gasteiger partial charge in [0.05, 0.1) is 17.2 Å². The SMILES string of the molecule is CCOc1ccc(N(CC(=O)N(Cc2ccccc2C)C(CC)C(=O)NC(C)C)S(=O)(=O)c2ccc(C)cc2)cc1. The van der Waals surface area contributed by atoms with Gasteiger partial charge in [0, 0.05) is 12.6 Å². The Labute approximate surface area is 244 Å². The number of hydrogen-bond acceptors (Lipinski definition) is 5. The average Bonchev–Trinajstić information content (AvgIpc) is 2.93. The van der Waals surface area contributed by atoms with E-state index in [1.54, 1.807) is 36.4 Å². The van der Waals surface area contributed by atoms with E-state index < -0.39 is 28.5 Å². The van der Waals surface area contributed by atoms with E-state index >= 15 is 0 Å². The van der Waals surface area contributed by atoms with Crippen molar-refractivity contribution in [3.8, 4) is 5.75 Å². The second kappa shape index (κ2) is 14.2. The summed E-state index contributed by atoms with van der Waals surface area (Å²) >= 11 is 0. The number of anilines is 1. The van der Waals surface area contributed by atoms with Gasteiger partial charge in [-0.05, 0) is 88.6 Å². The highest BCUT2D eigenvalue weighted by Gasteiger charge is 2.34. The van der Waals surface area contributed by atoms with Gasteiger partial charge in [0.15, 0.2) is 0 Å². The van der Waals surface area contributed by atoms with Crippen molar-refractivity contribution in [3.63, 3.8) is 0 Å². The van der Waals surface area contributed by atoms with E-state index in [0.29, 0.717) is 24.5 Å². The van der Waals surface area contributed by atoms with Crippen molar-refractivity contribution < 1.29 is 22.7 Å². The fourth-order valence-electron chi connectivity index (χ4n) is 4.51. The standard InChI is InChI=1S/C32H41N3O5S/c1-7-30(32(37)33-23(3)4)34(21-26-12-10-9-11-25(26)6)31(36)22-35(27-15-17-28(18-16-27)40-8-2)41(38,39)29-19-13-24(5)14-20-29/h9-20,23,30H,7-8,21-22H2,1-6H3,(H,33,37). The zero-order valence-electron chi connectivity index (χ0n) is 24.8. The smallest absolute Gasteiger partial charge is 0.264 e. The number of sulfonamides is 1. The molecule has 41 heavy (non-hydrogen) atoms. The summed E-state index contributed by atoms with van der Waals surface area (Å²) in [5.41, 5.74) is 3.09. The molecule has 3 aromatic rings. The van der Waals surface area contributed by atoms with Gasteiger partial charge in [-0.15, -0.1) is 0 Å². The van der Waals surface area contributed by atoms with Crippen LogP contribution >= 0.6 is 0 Å². The van der Waals surface area contributed by atoms with Crippen LogP contribution in [0, 0.1) is 13.8 Å². The van der Waals surface area contributed by atoms with Gasteiger partial charge in [-0.2, -0.15) is 0 Å². The molecule has 8 nitrogen and oxygen atoms in total. The quantitative estimate of drug-likeness (QED) is 0.299. The molecule has 3 aromatic carbocycles. The van der Waals surface area contributed by atoms with Crippen LogP contribution < -0.4 is 14.4 Å². The molecule has 0 aliphatic carbocycles. The van der Waals surface area contributed by atoms with E-state index in [2.05, 4.69) is 5.32 Å². The number of ether oxygens (including phenoxy) is 1. The van der Waals surface area contributed by atoms with Crippen LogP contribution in [0.4, 0.5) is 5.69 Å². The average molecular weight is 580 g/mol. The summed E-state index contributed by atoms with van der Waals surface area (Å²) in [5.74, 6) is -0.171. The van der Waals surface area contributed by atoms with Crippen LogP contribution in [0.25, 0.3) is 0 Å². The van der Waals surface area contributed by atoms with Crippen LogP contribution in [0.1, 0.15) is 50.8 Å². The first-order chi connectivity index (χ1) is 19.5. The minimum Gasteiger partial charge on any atom is -0.494 e. The maximum Gasteiger partial charge on any atom is 0.264 e. The Morgan fingerprint density at radius 2 is 1.54 bits per heavy atom. The lowest BCUT2D eigenvalue weighted by molar-refractivity contribution is -0.140. The molecular formula is C32H41N3O5S. The number of benzene rings is 3. The molecular weight excluding hydrogens is 538 g/mol. The van der Waals surface area contributed by atoms with Crippen molar-refractivity contribution >= 4 is 27.5 Å². The molecule has 3 rings (SSSR count). The third kappa shape index (κ3) is 8.10. The summed E-state index contributed by atoms with van der Waals surface area (Å²) in [6.45, 7) is 11.4. The number of rotatable bonds is 13. The number of nitrogens with zero attached hydrogens (tertiary/aromatic N) is 2. The van der Waals surface area contributed by atoms with Crippen molar-refractivity contribution in [1.29, 1.82) is 0 Å². The van der Waals surface area contributed by atoms with E-state index in [4.69, 9.17) is 4.74 Å². The minimum absolute atomic E-state index is 0.0693. The van der Waals surface area contributed by atoms with E-state index in [1.165, 1.54) is 17.0 Å². The lowest BCUT2D eigenvalue weighted by Gasteiger charge is -2.34. The lowest BCUT2D eigenvalue weighted by Crippen LogP contribution is -2.53. The largest absolute Gasteiger partial charge is 0.494 e. The molecule has 0 bridgehead atoms. The first-order valence-electron chi connectivity index (χ1n) is 13.9. The summed E-state index contributed by atoms with van der Waals surface area (Å²) in [4.78, 5) is 29.0. The molecule has 0 radical (unpaired) electrons. The normalized spacial score (nSPS) is 12.1. The van der Waals surface area contributed by atoms with E-state index in [9.17, 15) is 18.0 Å². The summed E-state index contributed by atoms with van der Waals surface area (Å²) in [5, 5.41) is 2.92. The van der Waals surface area contributed by atoms with Gasteiger partial charge in [0.2, 0.25) is 11.8 Å². The van der Waals surface area contributed by atoms with Crippen molar-refractivity contribution in [3.05, 3.63) is 89.5 Å². The highest BCUT2D eigenvalue weighted by molar-refractivity contribution is 7.92. The number of carbonyl (C=O) groups excluding carboxylic acids is 2. The Bertz CT molecular complexity index is 1420. The first-order valence-corrected chi connectivity index (χ1v) is 15.4. The highest BCUT2D eigenvalue weighted by atomic mass is 32.2. The second-order valence-electron chi connectivity index (χ2n) is 10.3. The van der Waals surface area contributed by atoms with Gasteiger partial charge in [0.1, 0.15) is 18.3 Å². The molecule has 0 saturated carbocycles. The van der Waals surface area contributed by atoms with Gasteiger partial charge >= 0.3 is 0 Å². The summed E-state index contributed by atoms with van der Waals surface area (Å²) in [7, 11) is -4.13. The van der Waals surface area contributed by atoms with Crippen LogP contribution in [0.2, 0.25) is 0 Å². The van der Waals surface area contributed by atoms with Crippen molar-refractivity contribution in [2.24, 2.45) is 0 Å². The monoisotopic (exact) mass is 579 g/mol. The van der Waals surface area contributed by atoms with Crippen molar-refractivity contribution in [2.45, 2.75) is 71.5 Å². The summed E-state index contributed by atoms with van der Waals surface area (Å²) in [6.07, 6.45) is 0.365. The molecule has 220 valence electrons. The lowest BCUT2D eigenvalue weighted by atomic mass is 10.1. The Balaban J connectivity index is 2.07. The molecule has 0 fully saturated rings. The van der Waals surface area contributed by atoms with Gasteiger partial charge in [-0.1, -0.05) is 48.9 Å². The maximum atomic E-state index is 14.1. The minimum atomic E-state index is -4.13. The zero-order valence-corrected chi connectivity index (χ0v) is 25.6. The second-order valence-corrected chi connectivity index (χ2v) is 12.1. The van der Waals surface area contributed by atoms with E-state index in [0.717, 1.165) is 21.0 Å². The molecule has 0 aliphatic rings. The number of carbonyl (C=O) groups is 2. The third-order valence-corrected chi connectivity index (χ3v) is 8.53. The van der Waals surface area contributed by atoms with Gasteiger partial charge in [-0.25, -0.2) is 8.42 Å². The number of aryl methyl sites for hydroxylation is 2. The molecule has 1 unspecified atom stereocenters. The predicted molar refractivity (Wildman–Crippen MR) is 162 cm³/mol. The number of nitrogens with one attached hydrogen (secondary N) is 1. The number of amides is 2. The molecule has 2 amide bonds. The highest BCUT2D eigenvalue weighted by Crippen LogP contribution is 2.27. The fourth-order valence-corrected chi connectivity index (χ4v) is 5.93. The van der Waals surface area contributed by atoms with Crippen LogP contribution in [-0.2, 0) is 26.2 Å². The Morgan fingerprint density at radius 1 is 0.902 bits per heavy atom. The molecule has 9 heteroatoms. The topological polar surface area (TPSA) is 96.0 Å². The zero-order chi connectivity index (χ0) is 30.2. The van der Waals surface area contributed by atoms with Gasteiger partial charge in [-0.3, -0.25) is 13.9 Å². The van der Waals surface area contributed by atoms with Crippen LogP contribution in [0.3, 0.4) is 0 Å². The molecule has 0 spiro atoms. The van der Waals surface area contributed by atoms with Gasteiger partial charge < -0.3 is 15.0 Å². The molecule has 0 aromatic heterocycles. The van der Waals surface area contributed by atoms with E-state index in [1.807, 2.05) is 65.8 Å². The molecule has 1 N–H and O–H groups in total. The Morgan fingerprint density at radius 3 is 2.10 bits per heavy atom. The van der Waals surface area contributed by atoms with Crippen LogP contribution in [0.5, 0.6) is 5.75 Å². The van der Waals surface area contributed by atoms with Crippen LogP contribution in [-0.4, -0.2) is 50.4 Å². The van der Waals surface area contributed by atoms with Crippen molar-refractivity contribution in [2.75, 3.05) is 17.5 Å². The summed E-state index contributed by atoms with van der Waals surface area (Å²) in [6, 6.07) is 19.9. The number of hydrogen-bond donors (Lipinski definition) is 1. The van der Waals surface area contributed by atoms with Crippen molar-refractivity contribution in [1.82, 2.24) is 10.2 Å². The third-order valence-electron chi connectivity index (χ3n) is 6.74. The summed E-state index contributed by atoms with van der Waals surface area (Å²) < 4.78 is 34.6. The molecule has 0 heterocycles. The Hall–Kier alpha value is -3.85. The van der Waals surface area contributed by atoms with Crippen LogP contribution in [0.15, 0.2) is 77.7 Å². The first kappa shape index (κ1) is 31.7. The maximum absolute atomic E-state index is 14.1. The Kier molecular flexibility index (Phi) is 10.9.